The maximum absolute atomic E-state index is 12.5. The fourth-order valence-electron chi connectivity index (χ4n) is 1.97. The van der Waals surface area contributed by atoms with E-state index in [0.29, 0.717) is 19.0 Å². The van der Waals surface area contributed by atoms with Crippen LogP contribution in [-0.2, 0) is 0 Å². The Morgan fingerprint density at radius 1 is 1.45 bits per heavy atom. The number of nitrogens with zero attached hydrogens (tertiary/aromatic N) is 2. The summed E-state index contributed by atoms with van der Waals surface area (Å²) in [6.45, 7) is 7.04. The third-order valence-electron chi connectivity index (χ3n) is 3.38. The summed E-state index contributed by atoms with van der Waals surface area (Å²) in [5.74, 6) is 0.00538. The normalized spacial score (nSPS) is 11.9. The van der Waals surface area contributed by atoms with E-state index in [4.69, 9.17) is 5.73 Å². The predicted octanol–water partition coefficient (Wildman–Crippen LogP) is 2.69. The molecule has 0 aliphatic rings. The number of hydrogen-bond donors (Lipinski definition) is 1. The Bertz CT molecular complexity index is 502. The van der Waals surface area contributed by atoms with Gasteiger partial charge in [-0.1, -0.05) is 26.3 Å². The molecule has 0 aliphatic carbocycles. The Morgan fingerprint density at radius 2 is 2.10 bits per heavy atom. The highest BCUT2D eigenvalue weighted by Gasteiger charge is 2.26. The van der Waals surface area contributed by atoms with Gasteiger partial charge in [0.25, 0.3) is 5.91 Å². The second kappa shape index (κ2) is 6.88. The number of benzene rings is 1. The molecule has 0 radical (unpaired) electrons. The molecule has 0 saturated carbocycles. The number of carbonyl (C=O) groups excluding carboxylic acids is 1. The van der Waals surface area contributed by atoms with Gasteiger partial charge in [-0.25, -0.2) is 0 Å². The van der Waals surface area contributed by atoms with E-state index >= 15 is 0 Å². The lowest BCUT2D eigenvalue weighted by Gasteiger charge is -2.24. The van der Waals surface area contributed by atoms with E-state index in [1.54, 1.807) is 11.0 Å². The van der Waals surface area contributed by atoms with Crippen LogP contribution in [0.4, 0.5) is 11.4 Å². The van der Waals surface area contributed by atoms with Crippen LogP contribution in [0, 0.1) is 16.0 Å². The van der Waals surface area contributed by atoms with Crippen LogP contribution < -0.4 is 5.73 Å². The van der Waals surface area contributed by atoms with Gasteiger partial charge in [0, 0.05) is 13.1 Å². The second-order valence-electron chi connectivity index (χ2n) is 4.86. The number of hydrogen-bond acceptors (Lipinski definition) is 4. The molecular weight excluding hydrogens is 258 g/mol. The molecule has 0 heterocycles. The van der Waals surface area contributed by atoms with Gasteiger partial charge in [-0.3, -0.25) is 14.9 Å². The Labute approximate surface area is 118 Å². The number of carbonyl (C=O) groups is 1. The van der Waals surface area contributed by atoms with Gasteiger partial charge >= 0.3 is 5.69 Å². The molecule has 1 amide bonds. The summed E-state index contributed by atoms with van der Waals surface area (Å²) in [5.41, 5.74) is 5.38. The average molecular weight is 279 g/mol. The molecule has 6 nitrogen and oxygen atoms in total. The van der Waals surface area contributed by atoms with E-state index in [9.17, 15) is 14.9 Å². The Balaban J connectivity index is 3.13. The van der Waals surface area contributed by atoms with Gasteiger partial charge in [-0.15, -0.1) is 0 Å². The minimum atomic E-state index is -0.598. The molecule has 1 aromatic carbocycles. The highest BCUT2D eigenvalue weighted by atomic mass is 16.6. The number of para-hydroxylation sites is 1. The zero-order valence-corrected chi connectivity index (χ0v) is 12.1. The van der Waals surface area contributed by atoms with Crippen molar-refractivity contribution in [3.05, 3.63) is 33.9 Å². The first-order valence-corrected chi connectivity index (χ1v) is 6.74. The number of amides is 1. The third kappa shape index (κ3) is 3.46. The summed E-state index contributed by atoms with van der Waals surface area (Å²) >= 11 is 0. The topological polar surface area (TPSA) is 89.5 Å². The maximum atomic E-state index is 12.5. The summed E-state index contributed by atoms with van der Waals surface area (Å²) in [6, 6.07) is 4.45. The van der Waals surface area contributed by atoms with Gasteiger partial charge in [0.15, 0.2) is 0 Å². The Kier molecular flexibility index (Phi) is 5.49. The van der Waals surface area contributed by atoms with Gasteiger partial charge in [-0.05, 0) is 25.0 Å². The molecule has 0 saturated heterocycles. The highest BCUT2D eigenvalue weighted by Crippen LogP contribution is 2.27. The van der Waals surface area contributed by atoms with E-state index in [2.05, 4.69) is 0 Å². The predicted molar refractivity (Wildman–Crippen MR) is 78.5 cm³/mol. The number of nitrogens with two attached hydrogens (primary N) is 1. The molecule has 0 aromatic heterocycles. The standard InChI is InChI=1S/C14H21N3O3/c1-4-10(3)9-16(5-2)14(18)11-7-6-8-12(15)13(11)17(19)20/h6-8,10H,4-5,9,15H2,1-3H3. The largest absolute Gasteiger partial charge is 0.393 e. The average Bonchev–Trinajstić information content (AvgIpc) is 2.42. The minimum absolute atomic E-state index is 0.0143. The summed E-state index contributed by atoms with van der Waals surface area (Å²) in [6.07, 6.45) is 0.947. The number of rotatable bonds is 6. The second-order valence-corrected chi connectivity index (χ2v) is 4.86. The van der Waals surface area contributed by atoms with Crippen LogP contribution in [-0.4, -0.2) is 28.8 Å². The smallest absolute Gasteiger partial charge is 0.304 e. The minimum Gasteiger partial charge on any atom is -0.393 e. The van der Waals surface area contributed by atoms with Crippen LogP contribution in [0.25, 0.3) is 0 Å². The molecule has 20 heavy (non-hydrogen) atoms. The molecule has 2 N–H and O–H groups in total. The van der Waals surface area contributed by atoms with Crippen molar-refractivity contribution in [1.82, 2.24) is 4.90 Å². The summed E-state index contributed by atoms with van der Waals surface area (Å²) in [4.78, 5) is 24.6. The molecule has 110 valence electrons. The Hall–Kier alpha value is -2.11. The first kappa shape index (κ1) is 15.9. The fraction of sp³-hybridized carbons (Fsp3) is 0.500. The fourth-order valence-corrected chi connectivity index (χ4v) is 1.97. The molecule has 1 atom stereocenters. The third-order valence-corrected chi connectivity index (χ3v) is 3.38. The summed E-state index contributed by atoms with van der Waals surface area (Å²) in [5, 5.41) is 11.1. The highest BCUT2D eigenvalue weighted by molar-refractivity contribution is 6.00. The summed E-state index contributed by atoms with van der Waals surface area (Å²) < 4.78 is 0. The number of nitrogen functional groups attached to an aromatic ring is 1. The zero-order valence-electron chi connectivity index (χ0n) is 12.1. The number of nitro groups is 1. The molecule has 0 bridgehead atoms. The molecule has 1 unspecified atom stereocenters. The van der Waals surface area contributed by atoms with E-state index in [0.717, 1.165) is 6.42 Å². The van der Waals surface area contributed by atoms with Crippen molar-refractivity contribution < 1.29 is 9.72 Å². The van der Waals surface area contributed by atoms with E-state index in [1.165, 1.54) is 12.1 Å². The lowest BCUT2D eigenvalue weighted by molar-refractivity contribution is -0.384. The van der Waals surface area contributed by atoms with Gasteiger partial charge in [0.2, 0.25) is 0 Å². The number of nitro benzene ring substituents is 1. The van der Waals surface area contributed by atoms with Crippen molar-refractivity contribution in [2.24, 2.45) is 5.92 Å². The lowest BCUT2D eigenvalue weighted by atomic mass is 10.1. The monoisotopic (exact) mass is 279 g/mol. The SMILES string of the molecule is CCC(C)CN(CC)C(=O)c1cccc(N)c1[N+](=O)[O-]. The van der Waals surface area contributed by atoms with Crippen molar-refractivity contribution in [3.8, 4) is 0 Å². The molecule has 6 heteroatoms. The molecule has 1 aromatic rings. The first-order valence-electron chi connectivity index (χ1n) is 6.74. The quantitative estimate of drug-likeness (QED) is 0.492. The van der Waals surface area contributed by atoms with Crippen LogP contribution in [0.1, 0.15) is 37.6 Å². The molecule has 0 aliphatic heterocycles. The molecule has 0 fully saturated rings. The van der Waals surface area contributed by atoms with Crippen molar-refractivity contribution in [3.63, 3.8) is 0 Å². The lowest BCUT2D eigenvalue weighted by Crippen LogP contribution is -2.35. The maximum Gasteiger partial charge on any atom is 0.304 e. The molecule has 0 spiro atoms. The Morgan fingerprint density at radius 3 is 2.60 bits per heavy atom. The van der Waals surface area contributed by atoms with E-state index in [1.807, 2.05) is 20.8 Å². The van der Waals surface area contributed by atoms with E-state index in [-0.39, 0.29) is 22.8 Å². The van der Waals surface area contributed by atoms with E-state index < -0.39 is 4.92 Å². The van der Waals surface area contributed by atoms with Crippen LogP contribution >= 0.6 is 0 Å². The van der Waals surface area contributed by atoms with Crippen molar-refractivity contribution >= 4 is 17.3 Å². The van der Waals surface area contributed by atoms with Crippen LogP contribution in [0.3, 0.4) is 0 Å². The van der Waals surface area contributed by atoms with Crippen molar-refractivity contribution in [2.75, 3.05) is 18.8 Å². The van der Waals surface area contributed by atoms with Gasteiger partial charge in [0.1, 0.15) is 11.3 Å². The van der Waals surface area contributed by atoms with Crippen molar-refractivity contribution in [1.29, 1.82) is 0 Å². The van der Waals surface area contributed by atoms with Gasteiger partial charge in [-0.2, -0.15) is 0 Å². The van der Waals surface area contributed by atoms with Crippen LogP contribution in [0.15, 0.2) is 18.2 Å². The molecular formula is C14H21N3O3. The molecule has 1 rings (SSSR count). The first-order chi connectivity index (χ1) is 9.42. The van der Waals surface area contributed by atoms with Gasteiger partial charge in [0.05, 0.1) is 4.92 Å². The van der Waals surface area contributed by atoms with Crippen molar-refractivity contribution in [2.45, 2.75) is 27.2 Å². The van der Waals surface area contributed by atoms with Gasteiger partial charge < -0.3 is 10.6 Å². The zero-order chi connectivity index (χ0) is 15.3. The summed E-state index contributed by atoms with van der Waals surface area (Å²) in [7, 11) is 0. The van der Waals surface area contributed by atoms with Crippen LogP contribution in [0.5, 0.6) is 0 Å². The van der Waals surface area contributed by atoms with Crippen LogP contribution in [0.2, 0.25) is 0 Å². The number of anilines is 1.